The zero-order valence-corrected chi connectivity index (χ0v) is 17.2. The molecule has 0 aliphatic rings. The Kier molecular flexibility index (Phi) is 7.04. The largest absolute Gasteiger partial charge is 0.480 e. The second kappa shape index (κ2) is 9.90. The van der Waals surface area contributed by atoms with Crippen LogP contribution in [0.15, 0.2) is 54.6 Å². The standard InChI is InChI=1S/C22H21ClN4O4/c23-14-9-7-13(8-10-14)19-12-16(15-4-1-2-5-17(15)26-19)20(28)27-18(21(29)30)6-3-11-25-22(24)31/h1-2,4-5,7-10,12,18H,3,6,11H2,(H,27,28)(H,29,30)(H3,24,25,31)/t18-/m1/s1. The number of aromatic nitrogens is 1. The number of primary amides is 1. The van der Waals surface area contributed by atoms with Gasteiger partial charge in [0, 0.05) is 22.5 Å². The lowest BCUT2D eigenvalue weighted by molar-refractivity contribution is -0.139. The summed E-state index contributed by atoms with van der Waals surface area (Å²) >= 11 is 5.96. The summed E-state index contributed by atoms with van der Waals surface area (Å²) < 4.78 is 0. The number of fused-ring (bicyclic) bond motifs is 1. The van der Waals surface area contributed by atoms with Crippen molar-refractivity contribution in [2.24, 2.45) is 5.73 Å². The lowest BCUT2D eigenvalue weighted by Gasteiger charge is -2.16. The molecule has 160 valence electrons. The molecular weight excluding hydrogens is 420 g/mol. The van der Waals surface area contributed by atoms with Gasteiger partial charge in [0.15, 0.2) is 0 Å². The smallest absolute Gasteiger partial charge is 0.326 e. The molecule has 8 nitrogen and oxygen atoms in total. The maximum absolute atomic E-state index is 13.0. The van der Waals surface area contributed by atoms with Crippen molar-refractivity contribution in [1.82, 2.24) is 15.6 Å². The number of rotatable bonds is 8. The Morgan fingerprint density at radius 1 is 1.10 bits per heavy atom. The van der Waals surface area contributed by atoms with Crippen LogP contribution in [0, 0.1) is 0 Å². The van der Waals surface area contributed by atoms with E-state index in [1.54, 1.807) is 48.5 Å². The molecule has 9 heteroatoms. The average Bonchev–Trinajstić information content (AvgIpc) is 2.75. The quantitative estimate of drug-likeness (QED) is 0.399. The van der Waals surface area contributed by atoms with Crippen molar-refractivity contribution < 1.29 is 19.5 Å². The Hall–Kier alpha value is -3.65. The Labute approximate surface area is 183 Å². The summed E-state index contributed by atoms with van der Waals surface area (Å²) in [6.07, 6.45) is 0.474. The van der Waals surface area contributed by atoms with Gasteiger partial charge >= 0.3 is 12.0 Å². The van der Waals surface area contributed by atoms with Crippen LogP contribution in [0.2, 0.25) is 5.02 Å². The molecule has 3 amide bonds. The van der Waals surface area contributed by atoms with Gasteiger partial charge in [-0.25, -0.2) is 14.6 Å². The molecule has 1 atom stereocenters. The van der Waals surface area contributed by atoms with Crippen LogP contribution in [0.1, 0.15) is 23.2 Å². The van der Waals surface area contributed by atoms with Gasteiger partial charge in [0.05, 0.1) is 16.8 Å². The van der Waals surface area contributed by atoms with Crippen LogP contribution in [-0.2, 0) is 4.79 Å². The number of amides is 3. The zero-order valence-electron chi connectivity index (χ0n) is 16.5. The van der Waals surface area contributed by atoms with Crippen LogP contribution in [0.25, 0.3) is 22.2 Å². The number of benzene rings is 2. The highest BCUT2D eigenvalue weighted by molar-refractivity contribution is 6.30. The van der Waals surface area contributed by atoms with Gasteiger partial charge in [-0.2, -0.15) is 0 Å². The Morgan fingerprint density at radius 2 is 1.81 bits per heavy atom. The Balaban J connectivity index is 1.88. The highest BCUT2D eigenvalue weighted by Crippen LogP contribution is 2.26. The number of carboxylic acid groups (broad SMARTS) is 1. The molecule has 3 rings (SSSR count). The minimum absolute atomic E-state index is 0.133. The third kappa shape index (κ3) is 5.70. The topological polar surface area (TPSA) is 134 Å². The maximum atomic E-state index is 13.0. The van der Waals surface area contributed by atoms with E-state index in [4.69, 9.17) is 17.3 Å². The molecule has 0 radical (unpaired) electrons. The monoisotopic (exact) mass is 440 g/mol. The van der Waals surface area contributed by atoms with Gasteiger partial charge < -0.3 is 21.5 Å². The molecule has 0 aliphatic heterocycles. The zero-order chi connectivity index (χ0) is 22.4. The molecule has 0 unspecified atom stereocenters. The van der Waals surface area contributed by atoms with Gasteiger partial charge in [-0.3, -0.25) is 4.79 Å². The van der Waals surface area contributed by atoms with Crippen molar-refractivity contribution in [2.75, 3.05) is 6.54 Å². The molecule has 0 saturated carbocycles. The SMILES string of the molecule is NC(=O)NCCC[C@@H](NC(=O)c1cc(-c2ccc(Cl)cc2)nc2ccccc12)C(=O)O. The van der Waals surface area contributed by atoms with E-state index in [-0.39, 0.29) is 13.0 Å². The summed E-state index contributed by atoms with van der Waals surface area (Å²) in [6, 6.07) is 14.0. The van der Waals surface area contributed by atoms with E-state index >= 15 is 0 Å². The lowest BCUT2D eigenvalue weighted by atomic mass is 10.0. The summed E-state index contributed by atoms with van der Waals surface area (Å²) in [5, 5.41) is 15.7. The molecule has 1 heterocycles. The summed E-state index contributed by atoms with van der Waals surface area (Å²) in [5.74, 6) is -1.69. The van der Waals surface area contributed by atoms with Crippen LogP contribution in [0.3, 0.4) is 0 Å². The van der Waals surface area contributed by atoms with Crippen molar-refractivity contribution >= 4 is 40.4 Å². The van der Waals surface area contributed by atoms with Crippen molar-refractivity contribution in [2.45, 2.75) is 18.9 Å². The van der Waals surface area contributed by atoms with Crippen LogP contribution in [0.5, 0.6) is 0 Å². The molecule has 3 aromatic rings. The number of urea groups is 1. The maximum Gasteiger partial charge on any atom is 0.326 e. The highest BCUT2D eigenvalue weighted by atomic mass is 35.5. The predicted octanol–water partition coefficient (Wildman–Crippen LogP) is 3.19. The normalized spacial score (nSPS) is 11.6. The number of hydrogen-bond acceptors (Lipinski definition) is 4. The fourth-order valence-electron chi connectivity index (χ4n) is 3.14. The minimum Gasteiger partial charge on any atom is -0.480 e. The molecule has 1 aromatic heterocycles. The van der Waals surface area contributed by atoms with Gasteiger partial charge in [-0.1, -0.05) is 41.9 Å². The van der Waals surface area contributed by atoms with Gasteiger partial charge in [-0.15, -0.1) is 0 Å². The minimum atomic E-state index is -1.16. The summed E-state index contributed by atoms with van der Waals surface area (Å²) in [5.41, 5.74) is 7.27. The van der Waals surface area contributed by atoms with Crippen LogP contribution < -0.4 is 16.4 Å². The van der Waals surface area contributed by atoms with Crippen molar-refractivity contribution in [1.29, 1.82) is 0 Å². The molecular formula is C22H21ClN4O4. The molecule has 0 saturated heterocycles. The number of para-hydroxylation sites is 1. The number of carbonyl (C=O) groups excluding carboxylic acids is 2. The summed E-state index contributed by atoms with van der Waals surface area (Å²) in [7, 11) is 0. The fourth-order valence-corrected chi connectivity index (χ4v) is 3.27. The Bertz CT molecular complexity index is 1120. The first-order valence-electron chi connectivity index (χ1n) is 9.58. The highest BCUT2D eigenvalue weighted by Gasteiger charge is 2.22. The van der Waals surface area contributed by atoms with Gasteiger partial charge in [0.1, 0.15) is 6.04 Å². The number of hydrogen-bond donors (Lipinski definition) is 4. The number of halogens is 1. The van der Waals surface area contributed by atoms with E-state index in [1.165, 1.54) is 0 Å². The molecule has 0 spiro atoms. The van der Waals surface area contributed by atoms with Crippen molar-refractivity contribution in [3.8, 4) is 11.3 Å². The average molecular weight is 441 g/mol. The van der Waals surface area contributed by atoms with E-state index in [1.807, 2.05) is 6.07 Å². The fraction of sp³-hybridized carbons (Fsp3) is 0.182. The van der Waals surface area contributed by atoms with E-state index in [0.29, 0.717) is 33.6 Å². The molecule has 0 bridgehead atoms. The second-order valence-electron chi connectivity index (χ2n) is 6.88. The Morgan fingerprint density at radius 3 is 2.48 bits per heavy atom. The van der Waals surface area contributed by atoms with Crippen molar-refractivity contribution in [3.63, 3.8) is 0 Å². The van der Waals surface area contributed by atoms with Gasteiger partial charge in [0.25, 0.3) is 5.91 Å². The molecule has 31 heavy (non-hydrogen) atoms. The number of carbonyl (C=O) groups is 3. The number of aliphatic carboxylic acids is 1. The lowest BCUT2D eigenvalue weighted by Crippen LogP contribution is -2.41. The van der Waals surface area contributed by atoms with Gasteiger partial charge in [0.2, 0.25) is 0 Å². The number of nitrogens with zero attached hydrogens (tertiary/aromatic N) is 1. The molecule has 5 N–H and O–H groups in total. The number of nitrogens with one attached hydrogen (secondary N) is 2. The summed E-state index contributed by atoms with van der Waals surface area (Å²) in [6.45, 7) is 0.216. The number of carboxylic acids is 1. The van der Waals surface area contributed by atoms with Crippen LogP contribution in [-0.4, -0.2) is 40.6 Å². The van der Waals surface area contributed by atoms with E-state index in [9.17, 15) is 19.5 Å². The summed E-state index contributed by atoms with van der Waals surface area (Å²) in [4.78, 5) is 40.0. The number of nitrogens with two attached hydrogens (primary N) is 1. The van der Waals surface area contributed by atoms with Crippen LogP contribution >= 0.6 is 11.6 Å². The third-order valence-corrected chi connectivity index (χ3v) is 4.92. The molecule has 2 aromatic carbocycles. The predicted molar refractivity (Wildman–Crippen MR) is 118 cm³/mol. The first kappa shape index (κ1) is 22.0. The van der Waals surface area contributed by atoms with E-state index in [2.05, 4.69) is 15.6 Å². The first-order valence-corrected chi connectivity index (χ1v) is 9.95. The van der Waals surface area contributed by atoms with Crippen molar-refractivity contribution in [3.05, 3.63) is 65.2 Å². The molecule has 0 aliphatic carbocycles. The number of pyridine rings is 1. The third-order valence-electron chi connectivity index (χ3n) is 4.67. The first-order chi connectivity index (χ1) is 14.8. The van der Waals surface area contributed by atoms with Gasteiger partial charge in [-0.05, 0) is 37.1 Å². The van der Waals surface area contributed by atoms with E-state index < -0.39 is 23.9 Å². The van der Waals surface area contributed by atoms with E-state index in [0.717, 1.165) is 5.56 Å². The second-order valence-corrected chi connectivity index (χ2v) is 7.31. The van der Waals surface area contributed by atoms with Crippen LogP contribution in [0.4, 0.5) is 4.79 Å². The molecule has 0 fully saturated rings.